The van der Waals surface area contributed by atoms with Crippen molar-refractivity contribution in [3.8, 4) is 0 Å². The largest absolute Gasteiger partial charge is 0.452 e. The number of ether oxygens (including phenoxy) is 1. The number of nitrogens with one attached hydrogen (secondary N) is 1. The summed E-state index contributed by atoms with van der Waals surface area (Å²) in [6.45, 7) is 5.28. The molecule has 0 saturated heterocycles. The number of benzene rings is 1. The Bertz CT molecular complexity index is 517. The minimum atomic E-state index is -0.749. The van der Waals surface area contributed by atoms with Gasteiger partial charge in [-0.05, 0) is 54.4 Å². The molecule has 1 amide bonds. The van der Waals surface area contributed by atoms with Crippen molar-refractivity contribution in [1.29, 1.82) is 0 Å². The van der Waals surface area contributed by atoms with Gasteiger partial charge in [0.2, 0.25) is 0 Å². The third-order valence-electron chi connectivity index (χ3n) is 2.84. The average Bonchev–Trinajstić information content (AvgIpc) is 2.38. The molecule has 0 aromatic heterocycles. The van der Waals surface area contributed by atoms with Crippen molar-refractivity contribution < 1.29 is 18.7 Å². The van der Waals surface area contributed by atoms with E-state index < -0.39 is 24.3 Å². The van der Waals surface area contributed by atoms with Crippen molar-refractivity contribution in [1.82, 2.24) is 5.32 Å². The van der Waals surface area contributed by atoms with Gasteiger partial charge in [0.1, 0.15) is 5.82 Å². The van der Waals surface area contributed by atoms with Crippen molar-refractivity contribution in [2.24, 2.45) is 0 Å². The van der Waals surface area contributed by atoms with E-state index in [4.69, 9.17) is 4.74 Å². The fourth-order valence-corrected chi connectivity index (χ4v) is 1.77. The maximum absolute atomic E-state index is 13.1. The minimum Gasteiger partial charge on any atom is -0.452 e. The summed E-state index contributed by atoms with van der Waals surface area (Å²) >= 11 is 3.13. The van der Waals surface area contributed by atoms with E-state index in [1.807, 2.05) is 20.8 Å². The van der Waals surface area contributed by atoms with Gasteiger partial charge in [-0.1, -0.05) is 6.92 Å². The first-order valence-corrected chi connectivity index (χ1v) is 6.97. The molecule has 4 nitrogen and oxygen atoms in total. The van der Waals surface area contributed by atoms with E-state index in [0.29, 0.717) is 4.47 Å². The highest BCUT2D eigenvalue weighted by atomic mass is 79.9. The quantitative estimate of drug-likeness (QED) is 0.834. The van der Waals surface area contributed by atoms with Crippen LogP contribution in [0.15, 0.2) is 22.7 Å². The smallest absolute Gasteiger partial charge is 0.339 e. The molecule has 0 fully saturated rings. The van der Waals surface area contributed by atoms with Gasteiger partial charge in [-0.15, -0.1) is 0 Å². The summed E-state index contributed by atoms with van der Waals surface area (Å²) in [5.74, 6) is -1.68. The Kier molecular flexibility index (Phi) is 5.68. The lowest BCUT2D eigenvalue weighted by molar-refractivity contribution is -0.125. The van der Waals surface area contributed by atoms with Crippen LogP contribution in [0.3, 0.4) is 0 Å². The fourth-order valence-electron chi connectivity index (χ4n) is 1.36. The number of carbonyl (C=O) groups is 2. The molecule has 6 heteroatoms. The SMILES string of the molecule is CCC(C)(C)NC(=O)COC(=O)c1cc(F)ccc1Br. The monoisotopic (exact) mass is 345 g/mol. The molecule has 0 aliphatic rings. The van der Waals surface area contributed by atoms with Crippen LogP contribution in [-0.2, 0) is 9.53 Å². The molecule has 0 atom stereocenters. The van der Waals surface area contributed by atoms with Crippen molar-refractivity contribution in [2.45, 2.75) is 32.7 Å². The van der Waals surface area contributed by atoms with Gasteiger partial charge in [0.15, 0.2) is 6.61 Å². The molecule has 0 bridgehead atoms. The van der Waals surface area contributed by atoms with E-state index >= 15 is 0 Å². The van der Waals surface area contributed by atoms with Crippen LogP contribution >= 0.6 is 15.9 Å². The molecular weight excluding hydrogens is 329 g/mol. The van der Waals surface area contributed by atoms with Gasteiger partial charge in [-0.3, -0.25) is 4.79 Å². The molecule has 1 N–H and O–H groups in total. The third-order valence-corrected chi connectivity index (χ3v) is 3.54. The first kappa shape index (κ1) is 16.6. The molecular formula is C14H17BrFNO3. The molecule has 0 aliphatic carbocycles. The van der Waals surface area contributed by atoms with Crippen molar-refractivity contribution in [3.05, 3.63) is 34.1 Å². The van der Waals surface area contributed by atoms with E-state index in [0.717, 1.165) is 12.5 Å². The van der Waals surface area contributed by atoms with Crippen LogP contribution < -0.4 is 5.32 Å². The van der Waals surface area contributed by atoms with Crippen molar-refractivity contribution in [2.75, 3.05) is 6.61 Å². The summed E-state index contributed by atoms with van der Waals surface area (Å²) in [4.78, 5) is 23.4. The third kappa shape index (κ3) is 4.92. The highest BCUT2D eigenvalue weighted by molar-refractivity contribution is 9.10. The first-order valence-electron chi connectivity index (χ1n) is 6.18. The van der Waals surface area contributed by atoms with Crippen LogP contribution in [0.5, 0.6) is 0 Å². The van der Waals surface area contributed by atoms with E-state index in [9.17, 15) is 14.0 Å². The second-order valence-electron chi connectivity index (χ2n) is 4.99. The molecule has 0 heterocycles. The van der Waals surface area contributed by atoms with Crippen LogP contribution in [0.1, 0.15) is 37.6 Å². The molecule has 110 valence electrons. The van der Waals surface area contributed by atoms with E-state index in [2.05, 4.69) is 21.2 Å². The first-order chi connectivity index (χ1) is 9.25. The molecule has 0 saturated carbocycles. The number of esters is 1. The van der Waals surface area contributed by atoms with Crippen LogP contribution in [0, 0.1) is 5.82 Å². The van der Waals surface area contributed by atoms with E-state index in [-0.39, 0.29) is 11.1 Å². The Morgan fingerprint density at radius 1 is 1.40 bits per heavy atom. The normalized spacial score (nSPS) is 11.1. The summed E-state index contributed by atoms with van der Waals surface area (Å²) in [7, 11) is 0. The Morgan fingerprint density at radius 2 is 2.05 bits per heavy atom. The van der Waals surface area contributed by atoms with Gasteiger partial charge >= 0.3 is 5.97 Å². The number of hydrogen-bond acceptors (Lipinski definition) is 3. The molecule has 20 heavy (non-hydrogen) atoms. The molecule has 1 aromatic rings. The molecule has 1 aromatic carbocycles. The highest BCUT2D eigenvalue weighted by Crippen LogP contribution is 2.18. The Labute approximate surface area is 125 Å². The number of hydrogen-bond donors (Lipinski definition) is 1. The average molecular weight is 346 g/mol. The van der Waals surface area contributed by atoms with E-state index in [1.165, 1.54) is 12.1 Å². The lowest BCUT2D eigenvalue weighted by Crippen LogP contribution is -2.44. The van der Waals surface area contributed by atoms with Crippen LogP contribution in [0.25, 0.3) is 0 Å². The number of carbonyl (C=O) groups excluding carboxylic acids is 2. The number of halogens is 2. The molecule has 0 spiro atoms. The zero-order valence-electron chi connectivity index (χ0n) is 11.6. The second-order valence-corrected chi connectivity index (χ2v) is 5.84. The van der Waals surface area contributed by atoms with Crippen LogP contribution in [0.2, 0.25) is 0 Å². The van der Waals surface area contributed by atoms with Gasteiger partial charge < -0.3 is 10.1 Å². The zero-order chi connectivity index (χ0) is 15.3. The predicted octanol–water partition coefficient (Wildman–Crippen LogP) is 3.05. The standard InChI is InChI=1S/C14H17BrFNO3/c1-4-14(2,3)17-12(18)8-20-13(19)10-7-9(16)5-6-11(10)15/h5-7H,4,8H2,1-3H3,(H,17,18). The molecule has 0 aliphatic heterocycles. The Morgan fingerprint density at radius 3 is 2.65 bits per heavy atom. The fraction of sp³-hybridized carbons (Fsp3) is 0.429. The molecule has 0 radical (unpaired) electrons. The summed E-state index contributed by atoms with van der Waals surface area (Å²) in [5, 5.41) is 2.74. The minimum absolute atomic E-state index is 0.0487. The topological polar surface area (TPSA) is 55.4 Å². The Balaban J connectivity index is 2.60. The number of amides is 1. The highest BCUT2D eigenvalue weighted by Gasteiger charge is 2.19. The summed E-state index contributed by atoms with van der Waals surface area (Å²) in [5.41, 5.74) is -0.310. The van der Waals surface area contributed by atoms with Crippen molar-refractivity contribution in [3.63, 3.8) is 0 Å². The zero-order valence-corrected chi connectivity index (χ0v) is 13.2. The maximum Gasteiger partial charge on any atom is 0.339 e. The molecule has 0 unspecified atom stereocenters. The van der Waals surface area contributed by atoms with Gasteiger partial charge in [0, 0.05) is 10.0 Å². The summed E-state index contributed by atoms with van der Waals surface area (Å²) < 4.78 is 18.4. The van der Waals surface area contributed by atoms with E-state index in [1.54, 1.807) is 0 Å². The lowest BCUT2D eigenvalue weighted by atomic mass is 10.0. The second kappa shape index (κ2) is 6.83. The van der Waals surface area contributed by atoms with Gasteiger partial charge in [-0.25, -0.2) is 9.18 Å². The van der Waals surface area contributed by atoms with Gasteiger partial charge in [-0.2, -0.15) is 0 Å². The maximum atomic E-state index is 13.1. The Hall–Kier alpha value is -1.43. The summed E-state index contributed by atoms with van der Waals surface area (Å²) in [6, 6.07) is 3.68. The van der Waals surface area contributed by atoms with Crippen molar-refractivity contribution >= 4 is 27.8 Å². The predicted molar refractivity (Wildman–Crippen MR) is 76.9 cm³/mol. The van der Waals surface area contributed by atoms with Crippen LogP contribution in [0.4, 0.5) is 4.39 Å². The summed E-state index contributed by atoms with van der Waals surface area (Å²) in [6.07, 6.45) is 0.752. The lowest BCUT2D eigenvalue weighted by Gasteiger charge is -2.24. The van der Waals surface area contributed by atoms with Crippen LogP contribution in [-0.4, -0.2) is 24.0 Å². The van der Waals surface area contributed by atoms with Gasteiger partial charge in [0.25, 0.3) is 5.91 Å². The molecule has 1 rings (SSSR count). The number of rotatable bonds is 5. The van der Waals surface area contributed by atoms with Gasteiger partial charge in [0.05, 0.1) is 5.56 Å².